The fourth-order valence-electron chi connectivity index (χ4n) is 4.61. The molecule has 10 heteroatoms. The summed E-state index contributed by atoms with van der Waals surface area (Å²) in [6.45, 7) is 1.38. The highest BCUT2D eigenvalue weighted by Crippen LogP contribution is 2.27. The Hall–Kier alpha value is -4.21. The van der Waals surface area contributed by atoms with E-state index in [9.17, 15) is 22.4 Å². The first-order valence-electron chi connectivity index (χ1n) is 13.9. The van der Waals surface area contributed by atoms with E-state index in [0.717, 1.165) is 9.87 Å². The van der Waals surface area contributed by atoms with E-state index in [2.05, 4.69) is 5.32 Å². The Morgan fingerprint density at radius 2 is 1.53 bits per heavy atom. The van der Waals surface area contributed by atoms with E-state index in [1.54, 1.807) is 36.4 Å². The summed E-state index contributed by atoms with van der Waals surface area (Å²) in [4.78, 5) is 29.1. The smallest absolute Gasteiger partial charge is 0.264 e. The molecule has 1 atom stereocenters. The molecule has 2 amide bonds. The number of amides is 2. The second-order valence-electron chi connectivity index (χ2n) is 9.91. The van der Waals surface area contributed by atoms with Gasteiger partial charge in [-0.1, -0.05) is 91.3 Å². The second-order valence-corrected chi connectivity index (χ2v) is 12.2. The summed E-state index contributed by atoms with van der Waals surface area (Å²) in [7, 11) is -4.25. The van der Waals surface area contributed by atoms with Gasteiger partial charge < -0.3 is 10.2 Å². The van der Waals surface area contributed by atoms with Gasteiger partial charge in [0.05, 0.1) is 10.6 Å². The van der Waals surface area contributed by atoms with Crippen molar-refractivity contribution in [2.75, 3.05) is 17.4 Å². The van der Waals surface area contributed by atoms with Crippen molar-refractivity contribution in [2.45, 2.75) is 37.2 Å². The number of anilines is 1. The van der Waals surface area contributed by atoms with Crippen LogP contribution in [-0.2, 0) is 32.6 Å². The number of nitrogens with one attached hydrogen (secondary N) is 1. The Balaban J connectivity index is 1.80. The Kier molecular flexibility index (Phi) is 10.9. The van der Waals surface area contributed by atoms with Crippen molar-refractivity contribution in [2.24, 2.45) is 0 Å². The van der Waals surface area contributed by atoms with Gasteiger partial charge in [-0.2, -0.15) is 0 Å². The van der Waals surface area contributed by atoms with Gasteiger partial charge in [-0.15, -0.1) is 0 Å². The number of carbonyl (C=O) groups excluding carboxylic acids is 2. The number of benzene rings is 4. The minimum Gasteiger partial charge on any atom is -0.354 e. The second kappa shape index (κ2) is 14.8. The molecule has 0 aliphatic rings. The summed E-state index contributed by atoms with van der Waals surface area (Å²) in [5.41, 5.74) is 1.15. The molecule has 0 heterocycles. The molecule has 4 rings (SSSR count). The molecule has 0 saturated heterocycles. The topological polar surface area (TPSA) is 86.8 Å². The van der Waals surface area contributed by atoms with E-state index >= 15 is 0 Å². The molecule has 0 radical (unpaired) electrons. The normalized spacial score (nSPS) is 11.9. The number of nitrogens with zero attached hydrogens (tertiary/aromatic N) is 2. The van der Waals surface area contributed by atoms with Crippen LogP contribution >= 0.6 is 11.6 Å². The fraction of sp³-hybridized carbons (Fsp3) is 0.212. The third-order valence-corrected chi connectivity index (χ3v) is 8.85. The number of halogens is 2. The Bertz CT molecular complexity index is 1640. The maximum atomic E-state index is 14.9. The zero-order valence-corrected chi connectivity index (χ0v) is 25.3. The number of carbonyl (C=O) groups is 2. The lowest BCUT2D eigenvalue weighted by atomic mass is 10.0. The lowest BCUT2D eigenvalue weighted by molar-refractivity contribution is -0.140. The van der Waals surface area contributed by atoms with Gasteiger partial charge in [0.1, 0.15) is 18.4 Å². The first kappa shape index (κ1) is 31.7. The maximum absolute atomic E-state index is 14.9. The van der Waals surface area contributed by atoms with Crippen LogP contribution in [0, 0.1) is 5.82 Å². The van der Waals surface area contributed by atoms with Crippen molar-refractivity contribution in [3.63, 3.8) is 0 Å². The Morgan fingerprint density at radius 1 is 0.884 bits per heavy atom. The molecule has 0 aromatic heterocycles. The molecule has 224 valence electrons. The van der Waals surface area contributed by atoms with Gasteiger partial charge in [0.15, 0.2) is 0 Å². The highest BCUT2D eigenvalue weighted by atomic mass is 35.5. The van der Waals surface area contributed by atoms with Crippen LogP contribution in [0.5, 0.6) is 0 Å². The van der Waals surface area contributed by atoms with E-state index in [1.807, 2.05) is 37.3 Å². The molecule has 1 unspecified atom stereocenters. The fourth-order valence-corrected chi connectivity index (χ4v) is 6.22. The van der Waals surface area contributed by atoms with Crippen LogP contribution in [0.4, 0.5) is 10.1 Å². The third-order valence-electron chi connectivity index (χ3n) is 6.83. The third kappa shape index (κ3) is 8.21. The largest absolute Gasteiger partial charge is 0.354 e. The van der Waals surface area contributed by atoms with Crippen LogP contribution in [0.15, 0.2) is 114 Å². The van der Waals surface area contributed by atoms with Crippen LogP contribution in [0.3, 0.4) is 0 Å². The molecule has 43 heavy (non-hydrogen) atoms. The van der Waals surface area contributed by atoms with Gasteiger partial charge in [0, 0.05) is 30.1 Å². The van der Waals surface area contributed by atoms with E-state index < -0.39 is 40.2 Å². The van der Waals surface area contributed by atoms with E-state index in [-0.39, 0.29) is 34.1 Å². The molecule has 0 saturated carbocycles. The number of sulfonamides is 1. The monoisotopic (exact) mass is 621 g/mol. The summed E-state index contributed by atoms with van der Waals surface area (Å²) >= 11 is 6.23. The molecular formula is C33H33ClFN3O4S. The van der Waals surface area contributed by atoms with Gasteiger partial charge in [-0.3, -0.25) is 13.9 Å². The first-order chi connectivity index (χ1) is 20.7. The highest BCUT2D eigenvalue weighted by molar-refractivity contribution is 7.92. The summed E-state index contributed by atoms with van der Waals surface area (Å²) < 4.78 is 43.7. The van der Waals surface area contributed by atoms with Crippen LogP contribution in [0.2, 0.25) is 5.02 Å². The van der Waals surface area contributed by atoms with E-state index in [1.165, 1.54) is 47.4 Å². The average Bonchev–Trinajstić information content (AvgIpc) is 3.02. The first-order valence-corrected chi connectivity index (χ1v) is 15.7. The number of hydrogen-bond acceptors (Lipinski definition) is 4. The molecule has 0 aliphatic heterocycles. The van der Waals surface area contributed by atoms with Crippen molar-refractivity contribution in [3.8, 4) is 0 Å². The van der Waals surface area contributed by atoms with Crippen LogP contribution in [0.1, 0.15) is 24.5 Å². The zero-order chi connectivity index (χ0) is 30.8. The zero-order valence-electron chi connectivity index (χ0n) is 23.7. The molecule has 0 aliphatic carbocycles. The molecule has 0 spiro atoms. The van der Waals surface area contributed by atoms with Crippen molar-refractivity contribution in [3.05, 3.63) is 131 Å². The Morgan fingerprint density at radius 3 is 2.19 bits per heavy atom. The van der Waals surface area contributed by atoms with E-state index in [0.29, 0.717) is 13.0 Å². The summed E-state index contributed by atoms with van der Waals surface area (Å²) in [6.07, 6.45) is 0.808. The van der Waals surface area contributed by atoms with Gasteiger partial charge in [0.2, 0.25) is 11.8 Å². The average molecular weight is 622 g/mol. The molecule has 4 aromatic rings. The lowest BCUT2D eigenvalue weighted by Gasteiger charge is -2.34. The van der Waals surface area contributed by atoms with E-state index in [4.69, 9.17) is 11.6 Å². The van der Waals surface area contributed by atoms with Crippen molar-refractivity contribution in [1.82, 2.24) is 10.2 Å². The molecule has 0 fully saturated rings. The molecular weight excluding hydrogens is 589 g/mol. The predicted molar refractivity (Wildman–Crippen MR) is 167 cm³/mol. The standard InChI is InChI=1S/C33H33ClFN3O4S/c1-2-20-36-33(40)31(21-25-12-5-3-6-13-25)37(23-26-14-9-10-19-30(26)35)32(39)24-38(28-16-11-15-27(34)22-28)43(41,42)29-17-7-4-8-18-29/h3-19,22,31H,2,20-21,23-24H2,1H3,(H,36,40). The van der Waals surface area contributed by atoms with Crippen molar-refractivity contribution >= 4 is 39.1 Å². The quantitative estimate of drug-likeness (QED) is 0.203. The lowest BCUT2D eigenvalue weighted by Crippen LogP contribution is -2.53. The minimum absolute atomic E-state index is 0.0232. The molecule has 4 aromatic carbocycles. The number of rotatable bonds is 13. The number of hydrogen-bond donors (Lipinski definition) is 1. The summed E-state index contributed by atoms with van der Waals surface area (Å²) in [5, 5.41) is 3.14. The van der Waals surface area contributed by atoms with Crippen molar-refractivity contribution < 1.29 is 22.4 Å². The predicted octanol–water partition coefficient (Wildman–Crippen LogP) is 5.84. The minimum atomic E-state index is -4.25. The van der Waals surface area contributed by atoms with Gasteiger partial charge >= 0.3 is 0 Å². The molecule has 1 N–H and O–H groups in total. The van der Waals surface area contributed by atoms with Crippen LogP contribution in [0.25, 0.3) is 0 Å². The Labute approximate surface area is 257 Å². The van der Waals surface area contributed by atoms with Crippen LogP contribution < -0.4 is 9.62 Å². The van der Waals surface area contributed by atoms with Gasteiger partial charge in [0.25, 0.3) is 10.0 Å². The van der Waals surface area contributed by atoms with Crippen molar-refractivity contribution in [1.29, 1.82) is 0 Å². The SMILES string of the molecule is CCCNC(=O)C(Cc1ccccc1)N(Cc1ccccc1F)C(=O)CN(c1cccc(Cl)c1)S(=O)(=O)c1ccccc1. The summed E-state index contributed by atoms with van der Waals surface area (Å²) in [5.74, 6) is -1.65. The summed E-state index contributed by atoms with van der Waals surface area (Å²) in [6, 6.07) is 28.0. The maximum Gasteiger partial charge on any atom is 0.264 e. The highest BCUT2D eigenvalue weighted by Gasteiger charge is 2.35. The molecule has 0 bridgehead atoms. The van der Waals surface area contributed by atoms with Gasteiger partial charge in [-0.05, 0) is 48.4 Å². The van der Waals surface area contributed by atoms with Crippen LogP contribution in [-0.4, -0.2) is 44.3 Å². The van der Waals surface area contributed by atoms with Gasteiger partial charge in [-0.25, -0.2) is 12.8 Å². The molecule has 7 nitrogen and oxygen atoms in total.